The van der Waals surface area contributed by atoms with Crippen molar-refractivity contribution < 1.29 is 4.79 Å². The number of halogens is 1. The van der Waals surface area contributed by atoms with Gasteiger partial charge in [-0.15, -0.1) is 0 Å². The van der Waals surface area contributed by atoms with Crippen LogP contribution in [0, 0.1) is 0 Å². The number of nitrogens with one attached hydrogen (secondary N) is 1. The Morgan fingerprint density at radius 3 is 2.73 bits per heavy atom. The Balaban J connectivity index is 2.38. The molecule has 1 rings (SSSR count). The van der Waals surface area contributed by atoms with Gasteiger partial charge >= 0.3 is 0 Å². The van der Waals surface area contributed by atoms with Gasteiger partial charge in [-0.05, 0) is 0 Å². The number of anilines is 1. The fourth-order valence-electron chi connectivity index (χ4n) is 0.951. The van der Waals surface area contributed by atoms with E-state index in [1.165, 1.54) is 6.20 Å². The second-order valence-electron chi connectivity index (χ2n) is 3.16. The summed E-state index contributed by atoms with van der Waals surface area (Å²) >= 11 is 5.77. The monoisotopic (exact) mass is 228 g/mol. The lowest BCUT2D eigenvalue weighted by Gasteiger charge is -2.10. The molecule has 0 radical (unpaired) electrons. The van der Waals surface area contributed by atoms with Crippen LogP contribution in [0.25, 0.3) is 0 Å². The van der Waals surface area contributed by atoms with E-state index in [1.807, 2.05) is 0 Å². The van der Waals surface area contributed by atoms with E-state index in [0.29, 0.717) is 23.9 Å². The summed E-state index contributed by atoms with van der Waals surface area (Å²) in [6.45, 7) is 0.495. The van der Waals surface area contributed by atoms with Gasteiger partial charge in [-0.25, -0.2) is 9.97 Å². The first-order valence-electron chi connectivity index (χ1n) is 4.52. The third-order valence-electron chi connectivity index (χ3n) is 1.78. The third-order valence-corrected chi connectivity index (χ3v) is 2.06. The molecule has 1 aromatic heterocycles. The number of amides is 1. The molecule has 0 aliphatic rings. The van der Waals surface area contributed by atoms with Gasteiger partial charge in [0.2, 0.25) is 5.91 Å². The lowest BCUT2D eigenvalue weighted by molar-refractivity contribution is -0.128. The number of aromatic nitrogens is 2. The molecule has 0 unspecified atom stereocenters. The first kappa shape index (κ1) is 11.7. The van der Waals surface area contributed by atoms with Crippen LogP contribution in [0.3, 0.4) is 0 Å². The molecule has 1 aromatic rings. The lowest BCUT2D eigenvalue weighted by Crippen LogP contribution is -2.24. The average Bonchev–Trinajstić information content (AvgIpc) is 2.20. The van der Waals surface area contributed by atoms with Crippen LogP contribution in [0.4, 0.5) is 5.82 Å². The molecule has 0 bridgehead atoms. The van der Waals surface area contributed by atoms with Gasteiger partial charge in [0.05, 0.1) is 0 Å². The summed E-state index contributed by atoms with van der Waals surface area (Å²) in [6, 6.07) is 0. The molecule has 0 aliphatic carbocycles. The van der Waals surface area contributed by atoms with Gasteiger partial charge in [-0.1, -0.05) is 11.6 Å². The number of hydrogen-bond donors (Lipinski definition) is 1. The standard InChI is InChI=1S/C9H13ClN4O/c1-14(2)7(15)3-4-12-9-8(10)11-5-6-13-9/h5-6H,3-4H2,1-2H3,(H,12,13). The Bertz CT molecular complexity index is 343. The van der Waals surface area contributed by atoms with E-state index in [1.54, 1.807) is 25.2 Å². The summed E-state index contributed by atoms with van der Waals surface area (Å²) in [5.74, 6) is 0.563. The van der Waals surface area contributed by atoms with E-state index in [-0.39, 0.29) is 5.91 Å². The first-order chi connectivity index (χ1) is 7.11. The molecule has 0 spiro atoms. The summed E-state index contributed by atoms with van der Waals surface area (Å²) in [6.07, 6.45) is 3.46. The lowest BCUT2D eigenvalue weighted by atomic mass is 10.4. The number of nitrogens with zero attached hydrogens (tertiary/aromatic N) is 3. The molecular formula is C9H13ClN4O. The molecule has 0 aromatic carbocycles. The van der Waals surface area contributed by atoms with E-state index < -0.39 is 0 Å². The molecule has 1 amide bonds. The molecule has 0 fully saturated rings. The van der Waals surface area contributed by atoms with Gasteiger partial charge in [0.25, 0.3) is 0 Å². The zero-order chi connectivity index (χ0) is 11.3. The summed E-state index contributed by atoms with van der Waals surface area (Å²) in [5, 5.41) is 3.26. The summed E-state index contributed by atoms with van der Waals surface area (Å²) < 4.78 is 0. The summed E-state index contributed by atoms with van der Waals surface area (Å²) in [7, 11) is 3.44. The second kappa shape index (κ2) is 5.50. The minimum absolute atomic E-state index is 0.0579. The van der Waals surface area contributed by atoms with E-state index in [2.05, 4.69) is 15.3 Å². The maximum absolute atomic E-state index is 11.2. The van der Waals surface area contributed by atoms with Crippen molar-refractivity contribution in [1.82, 2.24) is 14.9 Å². The normalized spacial score (nSPS) is 9.80. The number of carbonyl (C=O) groups excluding carboxylic acids is 1. The van der Waals surface area contributed by atoms with E-state index in [0.717, 1.165) is 0 Å². The Morgan fingerprint density at radius 1 is 1.47 bits per heavy atom. The highest BCUT2D eigenvalue weighted by Crippen LogP contribution is 2.13. The van der Waals surface area contributed by atoms with Crippen molar-refractivity contribution in [3.8, 4) is 0 Å². The molecule has 1 N–H and O–H groups in total. The SMILES string of the molecule is CN(C)C(=O)CCNc1nccnc1Cl. The van der Waals surface area contributed by atoms with Crippen LogP contribution in [0.5, 0.6) is 0 Å². The molecule has 0 saturated heterocycles. The summed E-state index contributed by atoms with van der Waals surface area (Å²) in [5.41, 5.74) is 0. The van der Waals surface area contributed by atoms with E-state index in [4.69, 9.17) is 11.6 Å². The van der Waals surface area contributed by atoms with Crippen molar-refractivity contribution in [3.63, 3.8) is 0 Å². The van der Waals surface area contributed by atoms with Crippen LogP contribution in [0.15, 0.2) is 12.4 Å². The maximum atomic E-state index is 11.2. The molecule has 6 heteroatoms. The third kappa shape index (κ3) is 3.71. The van der Waals surface area contributed by atoms with Crippen molar-refractivity contribution in [3.05, 3.63) is 17.5 Å². The predicted molar refractivity (Wildman–Crippen MR) is 58.8 cm³/mol. The highest BCUT2D eigenvalue weighted by molar-refractivity contribution is 6.31. The topological polar surface area (TPSA) is 58.1 Å². The Kier molecular flexibility index (Phi) is 4.30. The largest absolute Gasteiger partial charge is 0.367 e. The number of hydrogen-bond acceptors (Lipinski definition) is 4. The van der Waals surface area contributed by atoms with Crippen LogP contribution >= 0.6 is 11.6 Å². The zero-order valence-electron chi connectivity index (χ0n) is 8.70. The fourth-order valence-corrected chi connectivity index (χ4v) is 1.12. The molecule has 0 saturated carbocycles. The number of rotatable bonds is 4. The Morgan fingerprint density at radius 2 is 2.13 bits per heavy atom. The molecule has 0 aliphatic heterocycles. The molecule has 1 heterocycles. The minimum atomic E-state index is 0.0579. The molecule has 0 atom stereocenters. The Hall–Kier alpha value is -1.36. The van der Waals surface area contributed by atoms with Crippen LogP contribution < -0.4 is 5.32 Å². The van der Waals surface area contributed by atoms with Crippen molar-refractivity contribution in [1.29, 1.82) is 0 Å². The molecule has 82 valence electrons. The minimum Gasteiger partial charge on any atom is -0.367 e. The number of carbonyl (C=O) groups is 1. The van der Waals surface area contributed by atoms with Gasteiger partial charge in [-0.3, -0.25) is 4.79 Å². The first-order valence-corrected chi connectivity index (χ1v) is 4.89. The molecular weight excluding hydrogens is 216 g/mol. The average molecular weight is 229 g/mol. The van der Waals surface area contributed by atoms with E-state index >= 15 is 0 Å². The van der Waals surface area contributed by atoms with Gasteiger partial charge < -0.3 is 10.2 Å². The van der Waals surface area contributed by atoms with Crippen LogP contribution in [-0.4, -0.2) is 41.4 Å². The van der Waals surface area contributed by atoms with Crippen molar-refractivity contribution in [2.45, 2.75) is 6.42 Å². The van der Waals surface area contributed by atoms with Gasteiger partial charge in [0.15, 0.2) is 11.0 Å². The highest BCUT2D eigenvalue weighted by Gasteiger charge is 2.05. The predicted octanol–water partition coefficient (Wildman–Crippen LogP) is 1.02. The van der Waals surface area contributed by atoms with Gasteiger partial charge in [0, 0.05) is 39.5 Å². The molecule has 5 nitrogen and oxygen atoms in total. The maximum Gasteiger partial charge on any atom is 0.223 e. The van der Waals surface area contributed by atoms with Gasteiger partial charge in [0.1, 0.15) is 0 Å². The van der Waals surface area contributed by atoms with Crippen LogP contribution in [0.2, 0.25) is 5.15 Å². The van der Waals surface area contributed by atoms with E-state index in [9.17, 15) is 4.79 Å². The molecule has 15 heavy (non-hydrogen) atoms. The van der Waals surface area contributed by atoms with Gasteiger partial charge in [-0.2, -0.15) is 0 Å². The van der Waals surface area contributed by atoms with Crippen LogP contribution in [-0.2, 0) is 4.79 Å². The van der Waals surface area contributed by atoms with Crippen molar-refractivity contribution in [2.75, 3.05) is 26.0 Å². The highest BCUT2D eigenvalue weighted by atomic mass is 35.5. The second-order valence-corrected chi connectivity index (χ2v) is 3.52. The smallest absolute Gasteiger partial charge is 0.223 e. The quantitative estimate of drug-likeness (QED) is 0.836. The zero-order valence-corrected chi connectivity index (χ0v) is 9.45. The fraction of sp³-hybridized carbons (Fsp3) is 0.444. The van der Waals surface area contributed by atoms with Crippen molar-refractivity contribution in [2.24, 2.45) is 0 Å². The van der Waals surface area contributed by atoms with Crippen LogP contribution in [0.1, 0.15) is 6.42 Å². The Labute approximate surface area is 93.5 Å². The summed E-state index contributed by atoms with van der Waals surface area (Å²) in [4.78, 5) is 20.6. The van der Waals surface area contributed by atoms with Crippen molar-refractivity contribution >= 4 is 23.3 Å².